The molecule has 0 aliphatic carbocycles. The predicted octanol–water partition coefficient (Wildman–Crippen LogP) is 1.22. The first-order valence-electron chi connectivity index (χ1n) is 5.77. The number of nitro groups is 1. The van der Waals surface area contributed by atoms with Crippen molar-refractivity contribution in [1.82, 2.24) is 4.31 Å². The van der Waals surface area contributed by atoms with Gasteiger partial charge in [-0.3, -0.25) is 14.9 Å². The quantitative estimate of drug-likeness (QED) is 0.622. The molecule has 0 saturated carbocycles. The van der Waals surface area contributed by atoms with Crippen molar-refractivity contribution in [2.45, 2.75) is 24.3 Å². The molecule has 0 aliphatic rings. The summed E-state index contributed by atoms with van der Waals surface area (Å²) in [5, 5.41) is 19.6. The Balaban J connectivity index is 3.40. The Hall–Kier alpha value is -2.07. The molecule has 116 valence electrons. The van der Waals surface area contributed by atoms with Gasteiger partial charge < -0.3 is 5.11 Å². The van der Waals surface area contributed by atoms with Crippen LogP contribution in [0.4, 0.5) is 10.1 Å². The van der Waals surface area contributed by atoms with Crippen molar-refractivity contribution in [3.63, 3.8) is 0 Å². The highest BCUT2D eigenvalue weighted by molar-refractivity contribution is 7.89. The van der Waals surface area contributed by atoms with E-state index in [1.54, 1.807) is 0 Å². The molecule has 0 spiro atoms. The SMILES string of the molecule is CCC(C(=O)O)N(C)S(=O)(=O)c1cc([N+](=O)[O-])ccc1F. The minimum atomic E-state index is -4.51. The number of halogens is 1. The van der Waals surface area contributed by atoms with Gasteiger partial charge in [-0.2, -0.15) is 4.31 Å². The lowest BCUT2D eigenvalue weighted by atomic mass is 10.2. The van der Waals surface area contributed by atoms with Gasteiger partial charge in [0.1, 0.15) is 16.8 Å². The Bertz CT molecular complexity index is 675. The molecular formula is C11H13FN2O6S. The monoisotopic (exact) mass is 320 g/mol. The molecule has 1 unspecified atom stereocenters. The highest BCUT2D eigenvalue weighted by atomic mass is 32.2. The maximum absolute atomic E-state index is 13.7. The number of nitrogens with zero attached hydrogens (tertiary/aromatic N) is 2. The molecule has 0 fully saturated rings. The van der Waals surface area contributed by atoms with Crippen molar-refractivity contribution >= 4 is 21.7 Å². The number of benzene rings is 1. The van der Waals surface area contributed by atoms with Crippen LogP contribution in [0.5, 0.6) is 0 Å². The number of sulfonamides is 1. The minimum absolute atomic E-state index is 0.0401. The number of nitro benzene ring substituents is 1. The molecule has 0 aliphatic heterocycles. The average Bonchev–Trinajstić information content (AvgIpc) is 2.38. The number of carboxylic acid groups (broad SMARTS) is 1. The van der Waals surface area contributed by atoms with Crippen LogP contribution >= 0.6 is 0 Å². The first-order valence-corrected chi connectivity index (χ1v) is 7.21. The molecule has 0 aromatic heterocycles. The summed E-state index contributed by atoms with van der Waals surface area (Å²) in [6.45, 7) is 1.45. The fraction of sp³-hybridized carbons (Fsp3) is 0.364. The van der Waals surface area contributed by atoms with Crippen LogP contribution in [0, 0.1) is 15.9 Å². The number of likely N-dealkylation sites (N-methyl/N-ethyl adjacent to an activating group) is 1. The number of carboxylic acids is 1. The van der Waals surface area contributed by atoms with Crippen molar-refractivity contribution in [1.29, 1.82) is 0 Å². The summed E-state index contributed by atoms with van der Waals surface area (Å²) >= 11 is 0. The maximum atomic E-state index is 13.7. The van der Waals surface area contributed by atoms with E-state index in [2.05, 4.69) is 0 Å². The van der Waals surface area contributed by atoms with Crippen LogP contribution < -0.4 is 0 Å². The Morgan fingerprint density at radius 1 is 1.52 bits per heavy atom. The third-order valence-electron chi connectivity index (χ3n) is 2.89. The fourth-order valence-corrected chi connectivity index (χ4v) is 3.18. The van der Waals surface area contributed by atoms with Gasteiger partial charge in [0.05, 0.1) is 4.92 Å². The summed E-state index contributed by atoms with van der Waals surface area (Å²) in [4.78, 5) is 19.8. The van der Waals surface area contributed by atoms with Gasteiger partial charge in [0.15, 0.2) is 0 Å². The summed E-state index contributed by atoms with van der Waals surface area (Å²) < 4.78 is 38.6. The molecule has 0 bridgehead atoms. The van der Waals surface area contributed by atoms with E-state index in [0.29, 0.717) is 16.4 Å². The Labute approximate surface area is 120 Å². The zero-order valence-corrected chi connectivity index (χ0v) is 12.0. The average molecular weight is 320 g/mol. The van der Waals surface area contributed by atoms with Crippen LogP contribution in [0.25, 0.3) is 0 Å². The van der Waals surface area contributed by atoms with Crippen LogP contribution in [-0.2, 0) is 14.8 Å². The number of hydrogen-bond donors (Lipinski definition) is 1. The highest BCUT2D eigenvalue weighted by Crippen LogP contribution is 2.25. The fourth-order valence-electron chi connectivity index (χ4n) is 1.71. The molecule has 8 nitrogen and oxygen atoms in total. The summed E-state index contributed by atoms with van der Waals surface area (Å²) in [5.41, 5.74) is -0.605. The van der Waals surface area contributed by atoms with Crippen LogP contribution in [0.15, 0.2) is 23.1 Å². The third kappa shape index (κ3) is 3.34. The second-order valence-corrected chi connectivity index (χ2v) is 6.12. The van der Waals surface area contributed by atoms with Crippen LogP contribution in [-0.4, -0.2) is 41.8 Å². The second-order valence-electron chi connectivity index (χ2n) is 4.16. The van der Waals surface area contributed by atoms with Crippen molar-refractivity contribution in [2.24, 2.45) is 0 Å². The van der Waals surface area contributed by atoms with Gasteiger partial charge >= 0.3 is 5.97 Å². The van der Waals surface area contributed by atoms with Crippen LogP contribution in [0.1, 0.15) is 13.3 Å². The molecule has 1 aromatic carbocycles. The maximum Gasteiger partial charge on any atom is 0.321 e. The lowest BCUT2D eigenvalue weighted by Gasteiger charge is -2.23. The second kappa shape index (κ2) is 6.14. The largest absolute Gasteiger partial charge is 0.480 e. The standard InChI is InChI=1S/C11H13FN2O6S/c1-3-9(11(15)16)13(2)21(19,20)10-6-7(14(17)18)4-5-8(10)12/h4-6,9H,3H2,1-2H3,(H,15,16). The number of carbonyl (C=O) groups is 1. The van der Waals surface area contributed by atoms with Crippen molar-refractivity contribution < 1.29 is 27.6 Å². The van der Waals surface area contributed by atoms with Gasteiger partial charge in [0, 0.05) is 19.2 Å². The molecule has 0 amide bonds. The lowest BCUT2D eigenvalue weighted by molar-refractivity contribution is -0.385. The van der Waals surface area contributed by atoms with E-state index in [0.717, 1.165) is 13.1 Å². The Kier molecular flexibility index (Phi) is 4.97. The number of aliphatic carboxylic acids is 1. The first kappa shape index (κ1) is 17.0. The van der Waals surface area contributed by atoms with E-state index in [9.17, 15) is 27.7 Å². The van der Waals surface area contributed by atoms with Crippen LogP contribution in [0.2, 0.25) is 0 Å². The molecule has 0 saturated heterocycles. The molecule has 1 rings (SSSR count). The molecule has 0 heterocycles. The van der Waals surface area contributed by atoms with E-state index in [4.69, 9.17) is 5.11 Å². The Morgan fingerprint density at radius 2 is 2.10 bits per heavy atom. The molecule has 1 atom stereocenters. The predicted molar refractivity (Wildman–Crippen MR) is 69.7 cm³/mol. The van der Waals surface area contributed by atoms with E-state index in [-0.39, 0.29) is 6.42 Å². The third-order valence-corrected chi connectivity index (χ3v) is 4.77. The van der Waals surface area contributed by atoms with E-state index in [1.165, 1.54) is 6.92 Å². The van der Waals surface area contributed by atoms with Gasteiger partial charge in [-0.25, -0.2) is 12.8 Å². The van der Waals surface area contributed by atoms with Crippen molar-refractivity contribution in [3.8, 4) is 0 Å². The first-order chi connectivity index (χ1) is 9.62. The summed E-state index contributed by atoms with van der Waals surface area (Å²) in [7, 11) is -3.53. The number of rotatable bonds is 6. The van der Waals surface area contributed by atoms with Gasteiger partial charge in [-0.15, -0.1) is 0 Å². The minimum Gasteiger partial charge on any atom is -0.480 e. The smallest absolute Gasteiger partial charge is 0.321 e. The molecule has 10 heteroatoms. The summed E-state index contributed by atoms with van der Waals surface area (Å²) in [5.74, 6) is -2.58. The normalized spacial score (nSPS) is 13.1. The van der Waals surface area contributed by atoms with E-state index >= 15 is 0 Å². The van der Waals surface area contributed by atoms with Gasteiger partial charge in [-0.1, -0.05) is 6.92 Å². The van der Waals surface area contributed by atoms with Gasteiger partial charge in [0.25, 0.3) is 5.69 Å². The highest BCUT2D eigenvalue weighted by Gasteiger charge is 2.34. The van der Waals surface area contributed by atoms with Crippen molar-refractivity contribution in [2.75, 3.05) is 7.05 Å². The van der Waals surface area contributed by atoms with Gasteiger partial charge in [0.2, 0.25) is 10.0 Å². The molecular weight excluding hydrogens is 307 g/mol. The molecule has 21 heavy (non-hydrogen) atoms. The van der Waals surface area contributed by atoms with E-state index < -0.39 is 43.4 Å². The number of non-ortho nitro benzene ring substituents is 1. The summed E-state index contributed by atoms with van der Waals surface area (Å²) in [6, 6.07) is 0.646. The van der Waals surface area contributed by atoms with Gasteiger partial charge in [-0.05, 0) is 12.5 Å². The lowest BCUT2D eigenvalue weighted by Crippen LogP contribution is -2.42. The zero-order valence-electron chi connectivity index (χ0n) is 11.2. The molecule has 0 radical (unpaired) electrons. The Morgan fingerprint density at radius 3 is 2.52 bits per heavy atom. The molecule has 1 N–H and O–H groups in total. The van der Waals surface area contributed by atoms with Crippen molar-refractivity contribution in [3.05, 3.63) is 34.1 Å². The van der Waals surface area contributed by atoms with Crippen LogP contribution in [0.3, 0.4) is 0 Å². The molecule has 1 aromatic rings. The topological polar surface area (TPSA) is 118 Å². The zero-order chi connectivity index (χ0) is 16.4. The van der Waals surface area contributed by atoms with E-state index in [1.807, 2.05) is 0 Å². The number of hydrogen-bond acceptors (Lipinski definition) is 5. The summed E-state index contributed by atoms with van der Waals surface area (Å²) in [6.07, 6.45) is -0.0401.